The van der Waals surface area contributed by atoms with E-state index in [0.29, 0.717) is 6.61 Å². The van der Waals surface area contributed by atoms with Crippen molar-refractivity contribution in [2.24, 2.45) is 0 Å². The highest BCUT2D eigenvalue weighted by molar-refractivity contribution is 8.03. The van der Waals surface area contributed by atoms with Crippen molar-refractivity contribution >= 4 is 66.7 Å². The fraction of sp³-hybridized carbons (Fsp3) is 0.179. The molecule has 0 fully saturated rings. The molecule has 8 aromatic rings. The summed E-state index contributed by atoms with van der Waals surface area (Å²) in [6.07, 6.45) is 4.14. The van der Waals surface area contributed by atoms with Gasteiger partial charge in [0.25, 0.3) is 0 Å². The molecule has 0 saturated heterocycles. The van der Waals surface area contributed by atoms with E-state index in [9.17, 15) is 5.11 Å². The lowest BCUT2D eigenvalue weighted by Crippen LogP contribution is -2.40. The maximum Gasteiger partial charge on any atom is 0.192 e. The van der Waals surface area contributed by atoms with E-state index in [1.165, 1.54) is 49.6 Å². The molecule has 0 unspecified atom stereocenters. The molecule has 0 saturated carbocycles. The Bertz CT molecular complexity index is 2510. The zero-order valence-electron chi connectivity index (χ0n) is 37.6. The van der Waals surface area contributed by atoms with E-state index in [1.807, 2.05) is 41.5 Å². The van der Waals surface area contributed by atoms with E-state index in [-0.39, 0.29) is 16.4 Å². The molecule has 2 aromatic heterocycles. The third-order valence-electron chi connectivity index (χ3n) is 11.9. The zero-order chi connectivity index (χ0) is 45.6. The van der Waals surface area contributed by atoms with Gasteiger partial charge in [-0.3, -0.25) is 0 Å². The molecule has 0 aliphatic carbocycles. The fourth-order valence-corrected chi connectivity index (χ4v) is 12.1. The van der Waals surface area contributed by atoms with Gasteiger partial charge in [-0.15, -0.1) is 46.2 Å². The Kier molecular flexibility index (Phi) is 16.5. The number of thiazole rings is 2. The second-order valence-corrected chi connectivity index (χ2v) is 25.9. The molecule has 6 aromatic carbocycles. The summed E-state index contributed by atoms with van der Waals surface area (Å²) in [5, 5.41) is 14.0. The second-order valence-electron chi connectivity index (χ2n) is 16.9. The van der Waals surface area contributed by atoms with Crippen molar-refractivity contribution in [3.63, 3.8) is 0 Å². The maximum atomic E-state index is 9.53. The summed E-state index contributed by atoms with van der Waals surface area (Å²) in [5.41, 5.74) is 12.9. The Morgan fingerprint density at radius 3 is 1.08 bits per heavy atom. The van der Waals surface area contributed by atoms with Crippen LogP contribution in [0.15, 0.2) is 204 Å². The first kappa shape index (κ1) is 47.8. The van der Waals surface area contributed by atoms with E-state index in [4.69, 9.17) is 4.43 Å². The summed E-state index contributed by atoms with van der Waals surface area (Å²) < 4.78 is 5.73. The first-order valence-corrected chi connectivity index (χ1v) is 28.1. The number of aromatic nitrogens is 2. The molecular weight excluding hydrogens is 889 g/mol. The van der Waals surface area contributed by atoms with Crippen LogP contribution < -0.4 is 0 Å². The zero-order valence-corrected chi connectivity index (χ0v) is 41.8. The number of aliphatic hydroxyl groups is 1. The number of rotatable bonds is 16. The van der Waals surface area contributed by atoms with Gasteiger partial charge in [-0.1, -0.05) is 203 Å². The third kappa shape index (κ3) is 11.3. The Morgan fingerprint density at radius 2 is 0.785 bits per heavy atom. The number of benzene rings is 6. The highest BCUT2D eigenvalue weighted by Gasteiger charge is 2.39. The third-order valence-corrected chi connectivity index (χ3v) is 20.7. The normalized spacial score (nSPS) is 12.3. The SMILES string of the molecule is CC(C)(C)[Si](C)(C)OCc1scnc1C=CSC(c1ccccc1)(c1ccccc1)c1ccccc1.OCc1scnc1C=CSC(c1ccccc1)(c1ccccc1)c1ccccc1. The van der Waals surface area contributed by atoms with Crippen molar-refractivity contribution in [2.45, 2.75) is 61.6 Å². The van der Waals surface area contributed by atoms with Crippen LogP contribution in [0.4, 0.5) is 0 Å². The molecule has 1 N–H and O–H groups in total. The van der Waals surface area contributed by atoms with E-state index in [2.05, 4.69) is 225 Å². The van der Waals surface area contributed by atoms with Gasteiger partial charge in [0.15, 0.2) is 8.32 Å². The average molecular weight is 945 g/mol. The molecular formula is C56H56N2O2S4Si. The number of thioether (sulfide) groups is 2. The van der Waals surface area contributed by atoms with E-state index in [1.54, 1.807) is 28.6 Å². The maximum absolute atomic E-state index is 9.53. The predicted molar refractivity (Wildman–Crippen MR) is 284 cm³/mol. The lowest BCUT2D eigenvalue weighted by molar-refractivity contribution is 0.279. The monoisotopic (exact) mass is 944 g/mol. The minimum atomic E-state index is -1.83. The Morgan fingerprint density at radius 1 is 0.492 bits per heavy atom. The summed E-state index contributed by atoms with van der Waals surface area (Å²) in [5.74, 6) is 0. The largest absolute Gasteiger partial charge is 0.412 e. The second kappa shape index (κ2) is 22.4. The standard InChI is InChI=1S/C31H35NOS2Si.C25H21NOS2/c1-30(2,3)36(4,5)33-23-29-28(32-24-34-29)21-22-35-31(25-15-9-6-10-16-25,26-17-11-7-12-18-26)27-19-13-8-14-20-27;27-18-24-23(26-19-28-24)16-17-29-25(20-10-4-1-5-11-20,21-12-6-2-7-13-21)22-14-8-3-9-15-22/h6-22,24H,23H2,1-5H3;1-17,19,27H,18H2. The van der Waals surface area contributed by atoms with E-state index < -0.39 is 13.1 Å². The quantitative estimate of drug-likeness (QED) is 0.0769. The molecule has 4 nitrogen and oxygen atoms in total. The smallest absolute Gasteiger partial charge is 0.192 e. The summed E-state index contributed by atoms with van der Waals surface area (Å²) in [7, 11) is -1.83. The van der Waals surface area contributed by atoms with Crippen molar-refractivity contribution in [3.05, 3.63) is 258 Å². The topological polar surface area (TPSA) is 55.2 Å². The van der Waals surface area contributed by atoms with Crippen LogP contribution in [0.25, 0.3) is 12.2 Å². The van der Waals surface area contributed by atoms with Crippen LogP contribution >= 0.6 is 46.2 Å². The molecule has 330 valence electrons. The van der Waals surface area contributed by atoms with Crippen LogP contribution in [0.5, 0.6) is 0 Å². The molecule has 0 aliphatic heterocycles. The molecule has 8 rings (SSSR count). The lowest BCUT2D eigenvalue weighted by Gasteiger charge is -2.36. The van der Waals surface area contributed by atoms with Gasteiger partial charge in [-0.05, 0) is 74.5 Å². The minimum Gasteiger partial charge on any atom is -0.412 e. The van der Waals surface area contributed by atoms with E-state index in [0.717, 1.165) is 16.3 Å². The molecule has 2 heterocycles. The summed E-state index contributed by atoms with van der Waals surface area (Å²) in [6.45, 7) is 12.1. The van der Waals surface area contributed by atoms with Crippen molar-refractivity contribution in [1.29, 1.82) is 0 Å². The minimum absolute atomic E-state index is 0.0101. The van der Waals surface area contributed by atoms with Crippen LogP contribution in [0.1, 0.15) is 75.3 Å². The van der Waals surface area contributed by atoms with Gasteiger partial charge >= 0.3 is 0 Å². The fourth-order valence-electron chi connectivity index (χ4n) is 7.37. The molecule has 9 heteroatoms. The van der Waals surface area contributed by atoms with Gasteiger partial charge in [0.05, 0.1) is 54.9 Å². The molecule has 65 heavy (non-hydrogen) atoms. The number of nitrogens with zero attached hydrogens (tertiary/aromatic N) is 2. The highest BCUT2D eigenvalue weighted by Crippen LogP contribution is 2.50. The van der Waals surface area contributed by atoms with Crippen molar-refractivity contribution < 1.29 is 9.53 Å². The molecule has 0 atom stereocenters. The van der Waals surface area contributed by atoms with Crippen LogP contribution in [0.3, 0.4) is 0 Å². The first-order valence-electron chi connectivity index (χ1n) is 21.7. The number of hydrogen-bond donors (Lipinski definition) is 1. The van der Waals surface area contributed by atoms with Gasteiger partial charge in [0.2, 0.25) is 0 Å². The molecule has 0 bridgehead atoms. The Labute approximate surface area is 403 Å². The number of aliphatic hydroxyl groups excluding tert-OH is 1. The van der Waals surface area contributed by atoms with Gasteiger partial charge in [0.1, 0.15) is 0 Å². The van der Waals surface area contributed by atoms with Crippen molar-refractivity contribution in [3.8, 4) is 0 Å². The predicted octanol–water partition coefficient (Wildman–Crippen LogP) is 15.7. The average Bonchev–Trinajstić information content (AvgIpc) is 4.02. The molecule has 0 spiro atoms. The Hall–Kier alpha value is -5.10. The molecule has 0 amide bonds. The van der Waals surface area contributed by atoms with Crippen LogP contribution in [-0.2, 0) is 27.1 Å². The van der Waals surface area contributed by atoms with E-state index >= 15 is 0 Å². The van der Waals surface area contributed by atoms with Gasteiger partial charge < -0.3 is 9.53 Å². The molecule has 0 aliphatic rings. The summed E-state index contributed by atoms with van der Waals surface area (Å²) in [6, 6.07) is 64.1. The van der Waals surface area contributed by atoms with Gasteiger partial charge in [-0.25, -0.2) is 9.97 Å². The lowest BCUT2D eigenvalue weighted by atomic mass is 9.84. The van der Waals surface area contributed by atoms with Crippen LogP contribution in [-0.4, -0.2) is 23.4 Å². The van der Waals surface area contributed by atoms with Crippen LogP contribution in [0, 0.1) is 0 Å². The summed E-state index contributed by atoms with van der Waals surface area (Å²) in [4.78, 5) is 11.1. The molecule has 0 radical (unpaired) electrons. The highest BCUT2D eigenvalue weighted by atomic mass is 32.2. The van der Waals surface area contributed by atoms with Gasteiger partial charge in [-0.2, -0.15) is 0 Å². The van der Waals surface area contributed by atoms with Crippen molar-refractivity contribution in [1.82, 2.24) is 9.97 Å². The summed E-state index contributed by atoms with van der Waals surface area (Å²) >= 11 is 6.71. The number of hydrogen-bond acceptors (Lipinski definition) is 8. The van der Waals surface area contributed by atoms with Crippen molar-refractivity contribution in [2.75, 3.05) is 0 Å². The first-order chi connectivity index (χ1) is 31.6. The van der Waals surface area contributed by atoms with Crippen LogP contribution in [0.2, 0.25) is 18.1 Å². The van der Waals surface area contributed by atoms with Gasteiger partial charge in [0, 0.05) is 0 Å². The Balaban J connectivity index is 0.000000198.